The Balaban J connectivity index is 3.06. The molecule has 1 rings (SSSR count). The molecule has 1 heterocycles. The van der Waals surface area contributed by atoms with Gasteiger partial charge in [-0.2, -0.15) is 15.0 Å². The Labute approximate surface area is 80.6 Å². The summed E-state index contributed by atoms with van der Waals surface area (Å²) in [4.78, 5) is 10.7. The van der Waals surface area contributed by atoms with Gasteiger partial charge in [0, 0.05) is 0 Å². The first-order chi connectivity index (χ1) is 4.72. The molecular weight excluding hydrogens is 292 g/mol. The predicted octanol–water partition coefficient (Wildman–Crippen LogP) is 1.91. The van der Waals surface area contributed by atoms with Crippen LogP contribution in [0.2, 0.25) is 10.6 Å². The molecule has 0 bridgehead atoms. The first-order valence-electron chi connectivity index (χ1n) is 2.08. The van der Waals surface area contributed by atoms with Crippen molar-refractivity contribution in [2.75, 3.05) is 0 Å². The predicted molar refractivity (Wildman–Crippen MR) is 44.5 cm³/mol. The van der Waals surface area contributed by atoms with E-state index < -0.39 is 0 Å². The van der Waals surface area contributed by atoms with Crippen LogP contribution in [0, 0.1) is 0 Å². The summed E-state index contributed by atoms with van der Waals surface area (Å²) in [5, 5.41) is 0.0401. The third-order valence-corrected chi connectivity index (χ3v) is 1.36. The summed E-state index contributed by atoms with van der Waals surface area (Å²) in [5.41, 5.74) is 0. The lowest BCUT2D eigenvalue weighted by molar-refractivity contribution is 0.636. The molecule has 0 N–H and O–H groups in total. The zero-order chi connectivity index (χ0) is 7.56. The third-order valence-electron chi connectivity index (χ3n) is 0.629. The molecule has 0 aliphatic rings. The summed E-state index contributed by atoms with van der Waals surface area (Å²) in [6.45, 7) is 0. The zero-order valence-electron chi connectivity index (χ0n) is 4.38. The lowest BCUT2D eigenvalue weighted by Crippen LogP contribution is -1.90. The molecule has 0 radical (unpaired) electrons. The van der Waals surface area contributed by atoms with Crippen LogP contribution in [0.1, 0.15) is 0 Å². The molecule has 0 saturated carbocycles. The van der Waals surface area contributed by atoms with Gasteiger partial charge in [0.05, 0.1) is 0 Å². The SMILES string of the molecule is Clc1nc(Cl)nc(OI)n1. The van der Waals surface area contributed by atoms with Gasteiger partial charge in [-0.25, -0.2) is 0 Å². The van der Waals surface area contributed by atoms with Gasteiger partial charge in [0.25, 0.3) is 0 Å². The van der Waals surface area contributed by atoms with Gasteiger partial charge >= 0.3 is 6.01 Å². The van der Waals surface area contributed by atoms with E-state index in [1.807, 2.05) is 0 Å². The van der Waals surface area contributed by atoms with E-state index >= 15 is 0 Å². The fraction of sp³-hybridized carbons (Fsp3) is 0. The molecule has 1 aromatic rings. The molecule has 54 valence electrons. The number of hydrogen-bond acceptors (Lipinski definition) is 4. The van der Waals surface area contributed by atoms with Crippen molar-refractivity contribution in [1.29, 1.82) is 0 Å². The Morgan fingerprint density at radius 1 is 1.10 bits per heavy atom. The molecule has 0 atom stereocenters. The average molecular weight is 292 g/mol. The van der Waals surface area contributed by atoms with Crippen LogP contribution in [0.25, 0.3) is 0 Å². The van der Waals surface area contributed by atoms with Gasteiger partial charge in [0.1, 0.15) is 0 Å². The van der Waals surface area contributed by atoms with Crippen LogP contribution in [0.15, 0.2) is 0 Å². The highest BCUT2D eigenvalue weighted by molar-refractivity contribution is 14.1. The van der Waals surface area contributed by atoms with E-state index in [4.69, 9.17) is 23.2 Å². The van der Waals surface area contributed by atoms with Crippen LogP contribution >= 0.6 is 46.2 Å². The summed E-state index contributed by atoms with van der Waals surface area (Å²) in [7, 11) is 0. The lowest BCUT2D eigenvalue weighted by Gasteiger charge is -1.93. The number of hydrogen-bond donors (Lipinski definition) is 0. The topological polar surface area (TPSA) is 47.9 Å². The van der Waals surface area contributed by atoms with Gasteiger partial charge in [-0.1, -0.05) is 0 Å². The van der Waals surface area contributed by atoms with E-state index in [9.17, 15) is 0 Å². The highest BCUT2D eigenvalue weighted by atomic mass is 127. The average Bonchev–Trinajstić information content (AvgIpc) is 1.85. The first-order valence-corrected chi connectivity index (χ1v) is 3.71. The van der Waals surface area contributed by atoms with Crippen molar-refractivity contribution in [1.82, 2.24) is 15.0 Å². The van der Waals surface area contributed by atoms with Crippen molar-refractivity contribution in [2.24, 2.45) is 0 Å². The third kappa shape index (κ3) is 2.06. The number of rotatable bonds is 1. The highest BCUT2D eigenvalue weighted by Crippen LogP contribution is 2.12. The largest absolute Gasteiger partial charge is 0.392 e. The van der Waals surface area contributed by atoms with Crippen molar-refractivity contribution in [3.8, 4) is 6.01 Å². The molecule has 10 heavy (non-hydrogen) atoms. The van der Waals surface area contributed by atoms with Crippen molar-refractivity contribution >= 4 is 46.2 Å². The van der Waals surface area contributed by atoms with Gasteiger partial charge in [-0.05, 0) is 23.2 Å². The minimum atomic E-state index is 0.0201. The second kappa shape index (κ2) is 3.49. The maximum atomic E-state index is 5.40. The normalized spacial score (nSPS) is 9.50. The molecule has 7 heteroatoms. The number of nitrogens with zero attached hydrogens (tertiary/aromatic N) is 3. The van der Waals surface area contributed by atoms with E-state index in [1.54, 1.807) is 23.0 Å². The molecule has 1 aromatic heterocycles. The fourth-order valence-corrected chi connectivity index (χ4v) is 0.888. The maximum absolute atomic E-state index is 5.40. The highest BCUT2D eigenvalue weighted by Gasteiger charge is 2.01. The summed E-state index contributed by atoms with van der Waals surface area (Å²) in [5.74, 6) is 0. The summed E-state index contributed by atoms with van der Waals surface area (Å²) in [6, 6.07) is 0.102. The van der Waals surface area contributed by atoms with Crippen LogP contribution in [0.3, 0.4) is 0 Å². The maximum Gasteiger partial charge on any atom is 0.331 e. The fourth-order valence-electron chi connectivity index (χ4n) is 0.343. The summed E-state index contributed by atoms with van der Waals surface area (Å²) >= 11 is 12.4. The minimum Gasteiger partial charge on any atom is -0.392 e. The number of aromatic nitrogens is 3. The van der Waals surface area contributed by atoms with E-state index in [-0.39, 0.29) is 16.6 Å². The molecular formula is C3Cl2IN3O. The molecule has 0 fully saturated rings. The van der Waals surface area contributed by atoms with Gasteiger partial charge < -0.3 is 3.07 Å². The quantitative estimate of drug-likeness (QED) is 0.742. The van der Waals surface area contributed by atoms with Gasteiger partial charge in [-0.3, -0.25) is 0 Å². The second-order valence-corrected chi connectivity index (χ2v) is 2.35. The van der Waals surface area contributed by atoms with Crippen molar-refractivity contribution in [3.63, 3.8) is 0 Å². The van der Waals surface area contributed by atoms with Crippen LogP contribution < -0.4 is 3.07 Å². The van der Waals surface area contributed by atoms with E-state index in [0.29, 0.717) is 0 Å². The van der Waals surface area contributed by atoms with Crippen molar-refractivity contribution in [2.45, 2.75) is 0 Å². The molecule has 0 unspecified atom stereocenters. The summed E-state index contributed by atoms with van der Waals surface area (Å²) < 4.78 is 4.61. The van der Waals surface area contributed by atoms with Crippen LogP contribution in [-0.2, 0) is 0 Å². The van der Waals surface area contributed by atoms with E-state index in [2.05, 4.69) is 18.0 Å². The first kappa shape index (κ1) is 8.22. The van der Waals surface area contributed by atoms with Crippen LogP contribution in [0.5, 0.6) is 6.01 Å². The minimum absolute atomic E-state index is 0.0201. The molecule has 0 aliphatic carbocycles. The molecule has 0 aliphatic heterocycles. The molecule has 4 nitrogen and oxygen atoms in total. The Bertz CT molecular complexity index is 225. The van der Waals surface area contributed by atoms with Crippen LogP contribution in [-0.4, -0.2) is 15.0 Å². The Morgan fingerprint density at radius 2 is 1.60 bits per heavy atom. The lowest BCUT2D eigenvalue weighted by atomic mass is 11.0. The van der Waals surface area contributed by atoms with E-state index in [1.165, 1.54) is 0 Å². The van der Waals surface area contributed by atoms with E-state index in [0.717, 1.165) is 0 Å². The number of halogens is 3. The smallest absolute Gasteiger partial charge is 0.331 e. The molecule has 0 saturated heterocycles. The monoisotopic (exact) mass is 291 g/mol. The Morgan fingerprint density at radius 3 is 2.00 bits per heavy atom. The second-order valence-electron chi connectivity index (χ2n) is 1.23. The van der Waals surface area contributed by atoms with Crippen molar-refractivity contribution in [3.05, 3.63) is 10.6 Å². The Hall–Kier alpha value is 0.120. The van der Waals surface area contributed by atoms with Gasteiger partial charge in [0.15, 0.2) is 23.0 Å². The van der Waals surface area contributed by atoms with Crippen molar-refractivity contribution < 1.29 is 3.07 Å². The molecule has 0 amide bonds. The van der Waals surface area contributed by atoms with Crippen LogP contribution in [0.4, 0.5) is 0 Å². The standard InChI is InChI=1S/C3Cl2IN3O/c4-1-7-2(5)9-3(8-1)10-6. The molecule has 0 aromatic carbocycles. The van der Waals surface area contributed by atoms with Gasteiger partial charge in [0.2, 0.25) is 10.6 Å². The Kier molecular flexibility index (Phi) is 2.87. The van der Waals surface area contributed by atoms with Gasteiger partial charge in [-0.15, -0.1) is 0 Å². The summed E-state index contributed by atoms with van der Waals surface area (Å²) in [6.07, 6.45) is 0. The zero-order valence-corrected chi connectivity index (χ0v) is 8.05. The molecule has 0 spiro atoms.